The lowest BCUT2D eigenvalue weighted by Gasteiger charge is -2.33. The van der Waals surface area contributed by atoms with Crippen LogP contribution in [0.2, 0.25) is 0 Å². The lowest BCUT2D eigenvalue weighted by Crippen LogP contribution is -2.48. The molecule has 0 fully saturated rings. The number of carbonyl (C=O) groups excluding carboxylic acids is 1. The van der Waals surface area contributed by atoms with Crippen LogP contribution in [-0.4, -0.2) is 33.2 Å². The Morgan fingerprint density at radius 3 is 2.58 bits per heavy atom. The summed E-state index contributed by atoms with van der Waals surface area (Å²) < 4.78 is 31.7. The van der Waals surface area contributed by atoms with Gasteiger partial charge in [-0.3, -0.25) is 9.10 Å². The van der Waals surface area contributed by atoms with Crippen LogP contribution in [0.3, 0.4) is 0 Å². The summed E-state index contributed by atoms with van der Waals surface area (Å²) in [5.41, 5.74) is 1.03. The van der Waals surface area contributed by atoms with Gasteiger partial charge in [-0.2, -0.15) is 0 Å². The van der Waals surface area contributed by atoms with E-state index in [0.717, 1.165) is 10.7 Å². The number of carbonyl (C=O) groups is 1. The van der Waals surface area contributed by atoms with Gasteiger partial charge in [-0.05, 0) is 40.2 Å². The van der Waals surface area contributed by atoms with Crippen molar-refractivity contribution in [3.05, 3.63) is 53.0 Å². The molecule has 0 aliphatic carbocycles. The van der Waals surface area contributed by atoms with Gasteiger partial charge in [0, 0.05) is 4.47 Å². The monoisotopic (exact) mass is 410 g/mol. The molecule has 0 saturated heterocycles. The molecule has 2 aromatic rings. The third kappa shape index (κ3) is 3.39. The number of amides is 1. The van der Waals surface area contributed by atoms with Crippen molar-refractivity contribution in [2.75, 3.05) is 22.4 Å². The van der Waals surface area contributed by atoms with Gasteiger partial charge in [-0.1, -0.05) is 24.3 Å². The number of hydrogen-bond donors (Lipinski definition) is 1. The van der Waals surface area contributed by atoms with Gasteiger partial charge in [-0.15, -0.1) is 0 Å². The van der Waals surface area contributed by atoms with Crippen molar-refractivity contribution in [1.82, 2.24) is 0 Å². The Labute approximate surface area is 148 Å². The number of para-hydroxylation sites is 3. The molecule has 1 aliphatic rings. The van der Waals surface area contributed by atoms with Crippen molar-refractivity contribution < 1.29 is 17.9 Å². The molecule has 1 N–H and O–H groups in total. The zero-order valence-electron chi connectivity index (χ0n) is 12.8. The highest BCUT2D eigenvalue weighted by atomic mass is 79.9. The van der Waals surface area contributed by atoms with Crippen molar-refractivity contribution in [2.45, 2.75) is 6.10 Å². The van der Waals surface area contributed by atoms with Crippen LogP contribution in [0.25, 0.3) is 0 Å². The van der Waals surface area contributed by atoms with Crippen molar-refractivity contribution in [3.63, 3.8) is 0 Å². The second-order valence-electron chi connectivity index (χ2n) is 5.34. The van der Waals surface area contributed by atoms with E-state index in [1.807, 2.05) is 6.07 Å². The van der Waals surface area contributed by atoms with Crippen LogP contribution >= 0.6 is 15.9 Å². The summed E-state index contributed by atoms with van der Waals surface area (Å²) >= 11 is 3.36. The number of nitrogens with one attached hydrogen (secondary N) is 1. The molecular formula is C16H15BrN2O4S. The number of fused-ring (bicyclic) bond motifs is 1. The molecule has 0 radical (unpaired) electrons. The zero-order valence-corrected chi connectivity index (χ0v) is 15.2. The minimum atomic E-state index is -3.52. The molecule has 8 heteroatoms. The minimum Gasteiger partial charge on any atom is -0.476 e. The third-order valence-corrected chi connectivity index (χ3v) is 5.40. The number of halogens is 1. The van der Waals surface area contributed by atoms with E-state index in [4.69, 9.17) is 4.74 Å². The number of rotatable bonds is 3. The standard InChI is InChI=1S/C16H15BrN2O4S/c1-24(21,22)19-10-15(23-14-9-5-4-8-13(14)19)16(20)18-12-7-3-2-6-11(12)17/h2-9,15H,10H2,1H3,(H,18,20)/t15-/m0/s1. The van der Waals surface area contributed by atoms with E-state index < -0.39 is 22.0 Å². The lowest BCUT2D eigenvalue weighted by molar-refractivity contribution is -0.122. The first-order chi connectivity index (χ1) is 11.4. The fourth-order valence-corrected chi connectivity index (χ4v) is 3.73. The maximum absolute atomic E-state index is 12.5. The molecule has 0 spiro atoms. The van der Waals surface area contributed by atoms with E-state index in [0.29, 0.717) is 17.1 Å². The smallest absolute Gasteiger partial charge is 0.267 e. The normalized spacial score (nSPS) is 16.9. The number of sulfonamides is 1. The van der Waals surface area contributed by atoms with E-state index in [1.165, 1.54) is 4.31 Å². The average molecular weight is 411 g/mol. The van der Waals surface area contributed by atoms with Gasteiger partial charge in [0.15, 0.2) is 6.10 Å². The van der Waals surface area contributed by atoms with E-state index in [-0.39, 0.29) is 6.54 Å². The van der Waals surface area contributed by atoms with Gasteiger partial charge in [0.2, 0.25) is 10.0 Å². The van der Waals surface area contributed by atoms with Crippen molar-refractivity contribution in [1.29, 1.82) is 0 Å². The summed E-state index contributed by atoms with van der Waals surface area (Å²) in [6, 6.07) is 13.9. The van der Waals surface area contributed by atoms with Gasteiger partial charge in [0.1, 0.15) is 5.75 Å². The molecule has 24 heavy (non-hydrogen) atoms. The molecule has 0 saturated carbocycles. The van der Waals surface area contributed by atoms with Gasteiger partial charge < -0.3 is 10.1 Å². The molecule has 1 aliphatic heterocycles. The summed E-state index contributed by atoms with van der Waals surface area (Å²) in [5, 5.41) is 2.75. The molecule has 0 aromatic heterocycles. The summed E-state index contributed by atoms with van der Waals surface area (Å²) in [6.45, 7) is -0.0772. The van der Waals surface area contributed by atoms with Crippen molar-refractivity contribution in [2.24, 2.45) is 0 Å². The summed E-state index contributed by atoms with van der Waals surface area (Å²) in [5.74, 6) is -0.0495. The number of benzene rings is 2. The Morgan fingerprint density at radius 1 is 1.21 bits per heavy atom. The largest absolute Gasteiger partial charge is 0.476 e. The average Bonchev–Trinajstić information content (AvgIpc) is 2.55. The zero-order chi connectivity index (χ0) is 17.3. The molecule has 0 bridgehead atoms. The summed E-state index contributed by atoms with van der Waals surface area (Å²) in [7, 11) is -3.52. The number of hydrogen-bond acceptors (Lipinski definition) is 4. The lowest BCUT2D eigenvalue weighted by atomic mass is 10.2. The fraction of sp³-hybridized carbons (Fsp3) is 0.188. The Balaban J connectivity index is 1.88. The van der Waals surface area contributed by atoms with Crippen LogP contribution in [0.5, 0.6) is 5.75 Å². The quantitative estimate of drug-likeness (QED) is 0.843. The predicted molar refractivity (Wildman–Crippen MR) is 95.8 cm³/mol. The summed E-state index contributed by atoms with van der Waals surface area (Å²) in [4.78, 5) is 12.5. The topological polar surface area (TPSA) is 75.7 Å². The first-order valence-corrected chi connectivity index (χ1v) is 9.79. The van der Waals surface area contributed by atoms with Gasteiger partial charge in [0.25, 0.3) is 5.91 Å². The Hall–Kier alpha value is -2.06. The SMILES string of the molecule is CS(=O)(=O)N1C[C@@H](C(=O)Nc2ccccc2Br)Oc2ccccc21. The van der Waals surface area contributed by atoms with E-state index >= 15 is 0 Å². The van der Waals surface area contributed by atoms with Crippen LogP contribution in [0, 0.1) is 0 Å². The second kappa shape index (κ2) is 6.45. The maximum Gasteiger partial charge on any atom is 0.267 e. The number of ether oxygens (including phenoxy) is 1. The Kier molecular flexibility index (Phi) is 4.51. The van der Waals surface area contributed by atoms with E-state index in [1.54, 1.807) is 42.5 Å². The van der Waals surface area contributed by atoms with Crippen molar-refractivity contribution in [3.8, 4) is 5.75 Å². The Morgan fingerprint density at radius 2 is 1.88 bits per heavy atom. The number of nitrogens with zero attached hydrogens (tertiary/aromatic N) is 1. The molecule has 126 valence electrons. The van der Waals surface area contributed by atoms with Gasteiger partial charge >= 0.3 is 0 Å². The Bertz CT molecular complexity index is 885. The second-order valence-corrected chi connectivity index (χ2v) is 8.10. The number of anilines is 2. The van der Waals surface area contributed by atoms with Crippen molar-refractivity contribution >= 4 is 43.2 Å². The van der Waals surface area contributed by atoms with Crippen LogP contribution < -0.4 is 14.4 Å². The highest BCUT2D eigenvalue weighted by Crippen LogP contribution is 2.35. The van der Waals surface area contributed by atoms with Crippen LogP contribution in [-0.2, 0) is 14.8 Å². The third-order valence-electron chi connectivity index (χ3n) is 3.56. The first-order valence-electron chi connectivity index (χ1n) is 7.15. The molecule has 3 rings (SSSR count). The first kappa shape index (κ1) is 16.8. The van der Waals surface area contributed by atoms with E-state index in [2.05, 4.69) is 21.2 Å². The van der Waals surface area contributed by atoms with Gasteiger partial charge in [0.05, 0.1) is 24.2 Å². The maximum atomic E-state index is 12.5. The molecule has 0 unspecified atom stereocenters. The highest BCUT2D eigenvalue weighted by molar-refractivity contribution is 9.10. The summed E-state index contributed by atoms with van der Waals surface area (Å²) in [6.07, 6.45) is 0.166. The highest BCUT2D eigenvalue weighted by Gasteiger charge is 2.34. The molecule has 6 nitrogen and oxygen atoms in total. The van der Waals surface area contributed by atoms with Crippen LogP contribution in [0.15, 0.2) is 53.0 Å². The van der Waals surface area contributed by atoms with E-state index in [9.17, 15) is 13.2 Å². The van der Waals surface area contributed by atoms with Crippen LogP contribution in [0.4, 0.5) is 11.4 Å². The minimum absolute atomic E-state index is 0.0772. The molecule has 1 atom stereocenters. The molecule has 1 heterocycles. The molecule has 1 amide bonds. The molecular weight excluding hydrogens is 396 g/mol. The predicted octanol–water partition coefficient (Wildman–Crippen LogP) is 2.61. The van der Waals surface area contributed by atoms with Crippen LogP contribution in [0.1, 0.15) is 0 Å². The molecule has 2 aromatic carbocycles. The van der Waals surface area contributed by atoms with Gasteiger partial charge in [-0.25, -0.2) is 8.42 Å². The fourth-order valence-electron chi connectivity index (χ4n) is 2.43.